The molecule has 0 N–H and O–H groups in total. The normalized spacial score (nSPS) is 22.0. The molecule has 2 aromatic rings. The highest BCUT2D eigenvalue weighted by atomic mass is 35.5. The average Bonchev–Trinajstić information content (AvgIpc) is 2.94. The third kappa shape index (κ3) is 2.46. The lowest BCUT2D eigenvalue weighted by Gasteiger charge is -2.20. The van der Waals surface area contributed by atoms with Gasteiger partial charge in [0.25, 0.3) is 5.91 Å². The topological polar surface area (TPSA) is 59.2 Å². The number of likely N-dealkylation sites (tertiary alicyclic amines) is 1. The minimum absolute atomic E-state index is 0.000530. The first-order chi connectivity index (χ1) is 10.2. The van der Waals surface area contributed by atoms with E-state index in [1.54, 1.807) is 12.1 Å². The molecule has 1 saturated heterocycles. The Morgan fingerprint density at radius 3 is 2.95 bits per heavy atom. The Kier molecular flexibility index (Phi) is 3.23. The molecule has 1 saturated carbocycles. The van der Waals surface area contributed by atoms with Gasteiger partial charge in [0, 0.05) is 12.5 Å². The smallest absolute Gasteiger partial charge is 0.264 e. The van der Waals surface area contributed by atoms with Crippen molar-refractivity contribution in [1.82, 2.24) is 15.0 Å². The van der Waals surface area contributed by atoms with Crippen molar-refractivity contribution in [2.24, 2.45) is 0 Å². The first kappa shape index (κ1) is 13.3. The van der Waals surface area contributed by atoms with Gasteiger partial charge in [0.2, 0.25) is 5.89 Å². The van der Waals surface area contributed by atoms with Gasteiger partial charge in [-0.15, -0.1) is 11.3 Å². The van der Waals surface area contributed by atoms with Crippen LogP contribution in [0.4, 0.5) is 0 Å². The Morgan fingerprint density at radius 1 is 1.38 bits per heavy atom. The second-order valence-electron chi connectivity index (χ2n) is 5.53. The van der Waals surface area contributed by atoms with Crippen molar-refractivity contribution in [2.45, 2.75) is 37.6 Å². The molecule has 0 radical (unpaired) electrons. The molecule has 2 fully saturated rings. The number of nitrogens with zero attached hydrogens (tertiary/aromatic N) is 3. The average molecular weight is 324 g/mol. The Morgan fingerprint density at radius 2 is 2.24 bits per heavy atom. The van der Waals surface area contributed by atoms with Gasteiger partial charge in [-0.2, -0.15) is 4.98 Å². The zero-order chi connectivity index (χ0) is 14.4. The minimum atomic E-state index is -0.0987. The van der Waals surface area contributed by atoms with Gasteiger partial charge < -0.3 is 9.42 Å². The van der Waals surface area contributed by atoms with E-state index in [9.17, 15) is 4.79 Å². The van der Waals surface area contributed by atoms with Crippen LogP contribution in [0.1, 0.15) is 59.0 Å². The predicted molar refractivity (Wildman–Crippen MR) is 78.6 cm³/mol. The van der Waals surface area contributed by atoms with E-state index in [0.29, 0.717) is 21.0 Å². The SMILES string of the molecule is O=C(c1ccc(Cl)s1)N1CCCC1c1nc(C2CC2)no1. The van der Waals surface area contributed by atoms with Crippen LogP contribution in [0.5, 0.6) is 0 Å². The molecule has 1 aliphatic carbocycles. The van der Waals surface area contributed by atoms with Gasteiger partial charge in [0.1, 0.15) is 6.04 Å². The highest BCUT2D eigenvalue weighted by molar-refractivity contribution is 7.17. The van der Waals surface area contributed by atoms with E-state index < -0.39 is 0 Å². The Hall–Kier alpha value is -1.40. The Bertz CT molecular complexity index is 679. The lowest BCUT2D eigenvalue weighted by atomic mass is 10.2. The zero-order valence-electron chi connectivity index (χ0n) is 11.3. The van der Waals surface area contributed by atoms with Gasteiger partial charge in [-0.3, -0.25) is 4.79 Å². The summed E-state index contributed by atoms with van der Waals surface area (Å²) in [5, 5.41) is 4.05. The van der Waals surface area contributed by atoms with Crippen molar-refractivity contribution >= 4 is 28.8 Å². The molecular weight excluding hydrogens is 310 g/mol. The molecule has 0 bridgehead atoms. The maximum Gasteiger partial charge on any atom is 0.264 e. The molecule has 2 aromatic heterocycles. The third-order valence-corrected chi connectivity index (χ3v) is 5.20. The first-order valence-electron chi connectivity index (χ1n) is 7.12. The van der Waals surface area contributed by atoms with Crippen LogP contribution in [0.15, 0.2) is 16.7 Å². The van der Waals surface area contributed by atoms with Crippen molar-refractivity contribution in [3.63, 3.8) is 0 Å². The summed E-state index contributed by atoms with van der Waals surface area (Å²) in [6.45, 7) is 0.722. The molecule has 5 nitrogen and oxygen atoms in total. The van der Waals surface area contributed by atoms with Crippen LogP contribution in [0.2, 0.25) is 4.34 Å². The third-order valence-electron chi connectivity index (χ3n) is 3.98. The molecule has 1 atom stereocenters. The summed E-state index contributed by atoms with van der Waals surface area (Å²) < 4.78 is 6.02. The lowest BCUT2D eigenvalue weighted by molar-refractivity contribution is 0.0715. The maximum absolute atomic E-state index is 12.6. The number of halogens is 1. The number of amides is 1. The van der Waals surface area contributed by atoms with Crippen LogP contribution < -0.4 is 0 Å². The Labute approximate surface area is 130 Å². The monoisotopic (exact) mass is 323 g/mol. The quantitative estimate of drug-likeness (QED) is 0.865. The van der Waals surface area contributed by atoms with Crippen LogP contribution in [0.3, 0.4) is 0 Å². The molecule has 1 unspecified atom stereocenters. The molecule has 1 aliphatic heterocycles. The van der Waals surface area contributed by atoms with Gasteiger partial charge in [-0.05, 0) is 37.8 Å². The van der Waals surface area contributed by atoms with E-state index in [1.807, 2.05) is 4.90 Å². The number of hydrogen-bond acceptors (Lipinski definition) is 5. The summed E-state index contributed by atoms with van der Waals surface area (Å²) in [7, 11) is 0. The van der Waals surface area contributed by atoms with E-state index in [1.165, 1.54) is 11.3 Å². The summed E-state index contributed by atoms with van der Waals surface area (Å²) >= 11 is 7.22. The number of aromatic nitrogens is 2. The summed E-state index contributed by atoms with van der Waals surface area (Å²) in [4.78, 5) is 19.6. The molecule has 21 heavy (non-hydrogen) atoms. The molecule has 4 rings (SSSR count). The van der Waals surface area contributed by atoms with Gasteiger partial charge in [-0.1, -0.05) is 16.8 Å². The fourth-order valence-corrected chi connectivity index (χ4v) is 3.73. The van der Waals surface area contributed by atoms with Crippen molar-refractivity contribution in [2.75, 3.05) is 6.54 Å². The summed E-state index contributed by atoms with van der Waals surface area (Å²) in [5.74, 6) is 1.83. The molecule has 110 valence electrons. The van der Waals surface area contributed by atoms with E-state index in [4.69, 9.17) is 16.1 Å². The zero-order valence-corrected chi connectivity index (χ0v) is 12.9. The molecule has 2 aliphatic rings. The number of carbonyl (C=O) groups excluding carboxylic acids is 1. The summed E-state index contributed by atoms with van der Waals surface area (Å²) in [6, 6.07) is 3.43. The van der Waals surface area contributed by atoms with Gasteiger partial charge in [0.05, 0.1) is 9.21 Å². The predicted octanol–water partition coefficient (Wildman–Crippen LogP) is 3.64. The number of carbonyl (C=O) groups is 1. The number of hydrogen-bond donors (Lipinski definition) is 0. The van der Waals surface area contributed by atoms with Crippen LogP contribution >= 0.6 is 22.9 Å². The maximum atomic E-state index is 12.6. The molecule has 7 heteroatoms. The van der Waals surface area contributed by atoms with E-state index in [0.717, 1.165) is 38.1 Å². The van der Waals surface area contributed by atoms with Crippen molar-refractivity contribution in [3.05, 3.63) is 33.1 Å². The van der Waals surface area contributed by atoms with Crippen LogP contribution in [-0.2, 0) is 0 Å². The van der Waals surface area contributed by atoms with E-state index >= 15 is 0 Å². The fourth-order valence-electron chi connectivity index (χ4n) is 2.73. The largest absolute Gasteiger partial charge is 0.337 e. The highest BCUT2D eigenvalue weighted by Gasteiger charge is 2.36. The standard InChI is InChI=1S/C14H14ClN3O2S/c15-11-6-5-10(21-11)14(19)18-7-1-2-9(18)13-16-12(17-20-13)8-3-4-8/h5-6,8-9H,1-4,7H2. The van der Waals surface area contributed by atoms with Crippen molar-refractivity contribution < 1.29 is 9.32 Å². The second-order valence-corrected chi connectivity index (χ2v) is 7.24. The van der Waals surface area contributed by atoms with Gasteiger partial charge >= 0.3 is 0 Å². The summed E-state index contributed by atoms with van der Waals surface area (Å²) in [6.07, 6.45) is 4.10. The lowest BCUT2D eigenvalue weighted by Crippen LogP contribution is -2.30. The second kappa shape index (κ2) is 5.10. The highest BCUT2D eigenvalue weighted by Crippen LogP contribution is 2.40. The Balaban J connectivity index is 1.57. The fraction of sp³-hybridized carbons (Fsp3) is 0.500. The molecular formula is C14H14ClN3O2S. The number of thiophene rings is 1. The van der Waals surface area contributed by atoms with Crippen LogP contribution in [0.25, 0.3) is 0 Å². The molecule has 0 spiro atoms. The van der Waals surface area contributed by atoms with E-state index in [-0.39, 0.29) is 11.9 Å². The van der Waals surface area contributed by atoms with Crippen molar-refractivity contribution in [3.8, 4) is 0 Å². The van der Waals surface area contributed by atoms with Crippen molar-refractivity contribution in [1.29, 1.82) is 0 Å². The number of rotatable bonds is 3. The van der Waals surface area contributed by atoms with Gasteiger partial charge in [-0.25, -0.2) is 0 Å². The summed E-state index contributed by atoms with van der Waals surface area (Å²) in [5.41, 5.74) is 0. The molecule has 3 heterocycles. The molecule has 0 aromatic carbocycles. The van der Waals surface area contributed by atoms with E-state index in [2.05, 4.69) is 10.1 Å². The molecule has 1 amide bonds. The van der Waals surface area contributed by atoms with Gasteiger partial charge in [0.15, 0.2) is 5.82 Å². The van der Waals surface area contributed by atoms with Crippen LogP contribution in [-0.4, -0.2) is 27.5 Å². The first-order valence-corrected chi connectivity index (χ1v) is 8.31. The minimum Gasteiger partial charge on any atom is -0.337 e. The van der Waals surface area contributed by atoms with Crippen LogP contribution in [0, 0.1) is 0 Å².